The summed E-state index contributed by atoms with van der Waals surface area (Å²) in [6.45, 7) is 0.757. The van der Waals surface area contributed by atoms with Crippen LogP contribution in [-0.4, -0.2) is 19.0 Å². The predicted molar refractivity (Wildman–Crippen MR) is 53.0 cm³/mol. The maximum absolute atomic E-state index is 5.05. The molecule has 0 saturated heterocycles. The molecule has 0 unspecified atom stereocenters. The van der Waals surface area contributed by atoms with Gasteiger partial charge in [0.1, 0.15) is 6.61 Å². The van der Waals surface area contributed by atoms with Gasteiger partial charge in [-0.25, -0.2) is 0 Å². The third kappa shape index (κ3) is 2.31. The van der Waals surface area contributed by atoms with Crippen LogP contribution >= 0.6 is 0 Å². The molecule has 0 aromatic heterocycles. The molecule has 1 atom stereocenters. The number of nitrogens with zero attached hydrogens (tertiary/aromatic N) is 1. The monoisotopic (exact) mass is 175 g/mol. The third-order valence-electron chi connectivity index (χ3n) is 2.24. The maximum atomic E-state index is 5.05. The summed E-state index contributed by atoms with van der Waals surface area (Å²) in [5, 5.41) is 0. The van der Waals surface area contributed by atoms with E-state index in [-0.39, 0.29) is 0 Å². The summed E-state index contributed by atoms with van der Waals surface area (Å²) < 4.78 is 5.05. The molecule has 0 N–H and O–H groups in total. The summed E-state index contributed by atoms with van der Waals surface area (Å²) in [5.41, 5.74) is 1.38. The zero-order valence-electron chi connectivity index (χ0n) is 7.52. The fraction of sp³-hybridized carbons (Fsp3) is 0.364. The molecule has 2 nitrogen and oxygen atoms in total. The second-order valence-electron chi connectivity index (χ2n) is 3.27. The number of hydrogen-bond donors (Lipinski definition) is 0. The van der Waals surface area contributed by atoms with Crippen LogP contribution in [0.25, 0.3) is 0 Å². The van der Waals surface area contributed by atoms with Crippen LogP contribution in [-0.2, 0) is 11.2 Å². The summed E-state index contributed by atoms with van der Waals surface area (Å²) >= 11 is 0. The van der Waals surface area contributed by atoms with Crippen LogP contribution in [0, 0.1) is 0 Å². The molecule has 1 aliphatic rings. The molecule has 2 heteroatoms. The molecule has 0 radical (unpaired) electrons. The highest BCUT2D eigenvalue weighted by molar-refractivity contribution is 5.48. The van der Waals surface area contributed by atoms with E-state index in [0.29, 0.717) is 6.04 Å². The predicted octanol–water partition coefficient (Wildman–Crippen LogP) is 2.05. The zero-order valence-corrected chi connectivity index (χ0v) is 7.52. The minimum absolute atomic E-state index is 0.375. The van der Waals surface area contributed by atoms with Gasteiger partial charge in [0.05, 0.1) is 6.04 Å². The molecule has 0 saturated carbocycles. The Morgan fingerprint density at radius 2 is 2.15 bits per heavy atom. The maximum Gasteiger partial charge on any atom is 0.169 e. The summed E-state index contributed by atoms with van der Waals surface area (Å²) in [7, 11) is 0. The van der Waals surface area contributed by atoms with E-state index in [1.54, 1.807) is 6.40 Å². The van der Waals surface area contributed by atoms with Crippen molar-refractivity contribution in [2.45, 2.75) is 18.9 Å². The zero-order chi connectivity index (χ0) is 8.93. The topological polar surface area (TPSA) is 21.6 Å². The van der Waals surface area contributed by atoms with Crippen molar-refractivity contribution in [3.63, 3.8) is 0 Å². The van der Waals surface area contributed by atoms with Gasteiger partial charge in [0, 0.05) is 0 Å². The molecule has 0 fully saturated rings. The minimum Gasteiger partial charge on any atom is -0.481 e. The number of ether oxygens (including phenoxy) is 1. The highest BCUT2D eigenvalue weighted by Crippen LogP contribution is 2.09. The molecule has 1 heterocycles. The number of hydrogen-bond acceptors (Lipinski definition) is 2. The van der Waals surface area contributed by atoms with E-state index in [0.717, 1.165) is 19.4 Å². The lowest BCUT2D eigenvalue weighted by molar-refractivity contribution is 0.322. The van der Waals surface area contributed by atoms with Gasteiger partial charge < -0.3 is 4.74 Å². The van der Waals surface area contributed by atoms with Gasteiger partial charge in [0.25, 0.3) is 0 Å². The lowest BCUT2D eigenvalue weighted by atomic mass is 10.1. The summed E-state index contributed by atoms with van der Waals surface area (Å²) in [6, 6.07) is 10.9. The molecule has 13 heavy (non-hydrogen) atoms. The smallest absolute Gasteiger partial charge is 0.169 e. The van der Waals surface area contributed by atoms with Crippen molar-refractivity contribution in [3.8, 4) is 0 Å². The van der Waals surface area contributed by atoms with Gasteiger partial charge in [-0.2, -0.15) is 0 Å². The Kier molecular flexibility index (Phi) is 2.60. The van der Waals surface area contributed by atoms with E-state index in [1.165, 1.54) is 5.56 Å². The van der Waals surface area contributed by atoms with Gasteiger partial charge in [-0.15, -0.1) is 0 Å². The van der Waals surface area contributed by atoms with E-state index in [1.807, 2.05) is 6.07 Å². The van der Waals surface area contributed by atoms with Crippen molar-refractivity contribution in [1.29, 1.82) is 0 Å². The molecule has 68 valence electrons. The second kappa shape index (κ2) is 4.08. The molecule has 1 aromatic rings. The average Bonchev–Trinajstić information content (AvgIpc) is 2.69. The highest BCUT2D eigenvalue weighted by atomic mass is 16.5. The second-order valence-corrected chi connectivity index (χ2v) is 3.27. The molecule has 0 bridgehead atoms. The first-order valence-corrected chi connectivity index (χ1v) is 4.62. The van der Waals surface area contributed by atoms with Crippen molar-refractivity contribution in [2.24, 2.45) is 4.99 Å². The fourth-order valence-electron chi connectivity index (χ4n) is 1.46. The van der Waals surface area contributed by atoms with Crippen LogP contribution in [0.2, 0.25) is 0 Å². The van der Waals surface area contributed by atoms with Gasteiger partial charge in [-0.3, -0.25) is 4.99 Å². The minimum atomic E-state index is 0.375. The molecule has 1 aliphatic heterocycles. The van der Waals surface area contributed by atoms with E-state index in [4.69, 9.17) is 4.74 Å². The van der Waals surface area contributed by atoms with Crippen LogP contribution in [0.4, 0.5) is 0 Å². The Morgan fingerprint density at radius 1 is 1.31 bits per heavy atom. The molecular weight excluding hydrogens is 162 g/mol. The average molecular weight is 175 g/mol. The molecule has 1 aromatic carbocycles. The van der Waals surface area contributed by atoms with Crippen molar-refractivity contribution in [3.05, 3.63) is 35.9 Å². The molecule has 0 aliphatic carbocycles. The highest BCUT2D eigenvalue weighted by Gasteiger charge is 2.10. The number of benzene rings is 1. The van der Waals surface area contributed by atoms with Gasteiger partial charge in [0.15, 0.2) is 6.40 Å². The normalized spacial score (nSPS) is 20.2. The molecule has 0 amide bonds. The van der Waals surface area contributed by atoms with Crippen molar-refractivity contribution >= 4 is 6.40 Å². The van der Waals surface area contributed by atoms with Gasteiger partial charge in [0.2, 0.25) is 0 Å². The number of aliphatic imine (C=N–C) groups is 1. The molecule has 2 rings (SSSR count). The van der Waals surface area contributed by atoms with Gasteiger partial charge >= 0.3 is 0 Å². The Balaban J connectivity index is 1.82. The Hall–Kier alpha value is -1.31. The summed E-state index contributed by atoms with van der Waals surface area (Å²) in [4.78, 5) is 4.20. The van der Waals surface area contributed by atoms with Crippen molar-refractivity contribution < 1.29 is 4.74 Å². The standard InChI is InChI=1S/C11H13NO/c1-2-4-10(5-3-1)6-7-11-8-13-9-12-11/h1-5,9,11H,6-8H2/t11-/m0/s1. The lowest BCUT2D eigenvalue weighted by Crippen LogP contribution is -2.07. The third-order valence-corrected chi connectivity index (χ3v) is 2.24. The van der Waals surface area contributed by atoms with Crippen LogP contribution in [0.5, 0.6) is 0 Å². The van der Waals surface area contributed by atoms with Gasteiger partial charge in [-0.05, 0) is 18.4 Å². The molecule has 0 spiro atoms. The van der Waals surface area contributed by atoms with Crippen molar-refractivity contribution in [1.82, 2.24) is 0 Å². The summed E-state index contributed by atoms with van der Waals surface area (Å²) in [6.07, 6.45) is 3.74. The number of aryl methyl sites for hydroxylation is 1. The number of rotatable bonds is 3. The van der Waals surface area contributed by atoms with Crippen LogP contribution < -0.4 is 0 Å². The fourth-order valence-corrected chi connectivity index (χ4v) is 1.46. The molecular formula is C11H13NO. The Labute approximate surface area is 78.3 Å². The first kappa shape index (κ1) is 8.30. The van der Waals surface area contributed by atoms with Crippen LogP contribution in [0.15, 0.2) is 35.3 Å². The Morgan fingerprint density at radius 3 is 2.85 bits per heavy atom. The van der Waals surface area contributed by atoms with E-state index in [2.05, 4.69) is 29.3 Å². The van der Waals surface area contributed by atoms with Crippen LogP contribution in [0.1, 0.15) is 12.0 Å². The first-order chi connectivity index (χ1) is 6.45. The lowest BCUT2D eigenvalue weighted by Gasteiger charge is -2.04. The van der Waals surface area contributed by atoms with E-state index in [9.17, 15) is 0 Å². The Bertz CT molecular complexity index is 281. The van der Waals surface area contributed by atoms with Crippen molar-refractivity contribution in [2.75, 3.05) is 6.61 Å². The van der Waals surface area contributed by atoms with E-state index >= 15 is 0 Å². The quantitative estimate of drug-likeness (QED) is 0.689. The van der Waals surface area contributed by atoms with Gasteiger partial charge in [-0.1, -0.05) is 30.3 Å². The SMILES string of the molecule is C1=N[C@@H](CCc2ccccc2)CO1. The van der Waals surface area contributed by atoms with Crippen LogP contribution in [0.3, 0.4) is 0 Å². The first-order valence-electron chi connectivity index (χ1n) is 4.62. The summed E-state index contributed by atoms with van der Waals surface area (Å²) in [5.74, 6) is 0. The van der Waals surface area contributed by atoms with E-state index < -0.39 is 0 Å². The largest absolute Gasteiger partial charge is 0.481 e.